The molecular formula is C23H30N4O2. The lowest BCUT2D eigenvalue weighted by molar-refractivity contribution is -0.137. The third kappa shape index (κ3) is 4.69. The molecule has 4 rings (SSSR count). The summed E-state index contributed by atoms with van der Waals surface area (Å²) in [6.07, 6.45) is 5.87. The van der Waals surface area contributed by atoms with Crippen molar-refractivity contribution < 1.29 is 4.79 Å². The third-order valence-corrected chi connectivity index (χ3v) is 6.26. The van der Waals surface area contributed by atoms with E-state index in [0.29, 0.717) is 13.1 Å². The van der Waals surface area contributed by atoms with Crippen LogP contribution in [0.3, 0.4) is 0 Å². The average molecular weight is 395 g/mol. The number of benzene rings is 1. The first-order chi connectivity index (χ1) is 14.1. The maximum atomic E-state index is 13.0. The Bertz CT molecular complexity index is 887. The van der Waals surface area contributed by atoms with Crippen molar-refractivity contribution in [2.75, 3.05) is 31.1 Å². The van der Waals surface area contributed by atoms with E-state index in [0.717, 1.165) is 62.5 Å². The van der Waals surface area contributed by atoms with E-state index in [-0.39, 0.29) is 17.4 Å². The van der Waals surface area contributed by atoms with Crippen LogP contribution in [-0.4, -0.2) is 46.8 Å². The fraction of sp³-hybridized carbons (Fsp3) is 0.522. The maximum Gasteiger partial charge on any atom is 0.269 e. The van der Waals surface area contributed by atoms with Gasteiger partial charge < -0.3 is 9.80 Å². The molecule has 2 aliphatic rings. The zero-order chi connectivity index (χ0) is 20.2. The van der Waals surface area contributed by atoms with Crippen molar-refractivity contribution in [3.63, 3.8) is 0 Å². The summed E-state index contributed by atoms with van der Waals surface area (Å²) in [5.41, 5.74) is 1.77. The summed E-state index contributed by atoms with van der Waals surface area (Å²) in [6, 6.07) is 11.5. The minimum Gasteiger partial charge on any atom is -0.369 e. The first-order valence-electron chi connectivity index (χ1n) is 10.7. The molecule has 29 heavy (non-hydrogen) atoms. The van der Waals surface area contributed by atoms with E-state index >= 15 is 0 Å². The number of hydrogen-bond acceptors (Lipinski definition) is 4. The number of carbonyl (C=O) groups is 1. The molecule has 1 aromatic carbocycles. The standard InChI is InChI=1S/C23H30N4O2/c1-18-9-12-25(13-10-18)23(29)20-8-5-11-26(17-20)21-14-22(28)27(24-15-21)16-19-6-3-2-4-7-19/h2-4,6-7,14-15,18,20H,5,8-13,16-17H2,1H3/t20-/m1/s1. The van der Waals surface area contributed by atoms with Crippen LogP contribution in [-0.2, 0) is 11.3 Å². The highest BCUT2D eigenvalue weighted by atomic mass is 16.2. The van der Waals surface area contributed by atoms with Crippen molar-refractivity contribution in [1.29, 1.82) is 0 Å². The van der Waals surface area contributed by atoms with E-state index in [4.69, 9.17) is 0 Å². The molecule has 1 atom stereocenters. The van der Waals surface area contributed by atoms with Gasteiger partial charge in [-0.15, -0.1) is 0 Å². The Morgan fingerprint density at radius 2 is 1.86 bits per heavy atom. The lowest BCUT2D eigenvalue weighted by atomic mass is 9.93. The van der Waals surface area contributed by atoms with Crippen molar-refractivity contribution in [2.24, 2.45) is 11.8 Å². The van der Waals surface area contributed by atoms with Gasteiger partial charge in [0.2, 0.25) is 5.91 Å². The third-order valence-electron chi connectivity index (χ3n) is 6.26. The molecule has 0 N–H and O–H groups in total. The average Bonchev–Trinajstić information content (AvgIpc) is 2.76. The van der Waals surface area contributed by atoms with Gasteiger partial charge in [0, 0.05) is 32.2 Å². The number of hydrogen-bond donors (Lipinski definition) is 0. The molecule has 154 valence electrons. The van der Waals surface area contributed by atoms with E-state index in [1.807, 2.05) is 35.2 Å². The number of nitrogens with zero attached hydrogens (tertiary/aromatic N) is 4. The molecule has 2 saturated heterocycles. The summed E-state index contributed by atoms with van der Waals surface area (Å²) < 4.78 is 1.49. The van der Waals surface area contributed by atoms with Crippen LogP contribution in [0, 0.1) is 11.8 Å². The van der Waals surface area contributed by atoms with Gasteiger partial charge >= 0.3 is 0 Å². The molecule has 0 radical (unpaired) electrons. The number of aromatic nitrogens is 2. The molecule has 1 aromatic heterocycles. The molecule has 2 aromatic rings. The van der Waals surface area contributed by atoms with Crippen molar-refractivity contribution in [3.8, 4) is 0 Å². The molecule has 2 aliphatic heterocycles. The minimum atomic E-state index is -0.107. The van der Waals surface area contributed by atoms with E-state index in [2.05, 4.69) is 16.9 Å². The number of carbonyl (C=O) groups excluding carboxylic acids is 1. The highest BCUT2D eigenvalue weighted by molar-refractivity contribution is 5.80. The van der Waals surface area contributed by atoms with Gasteiger partial charge in [-0.1, -0.05) is 37.3 Å². The Morgan fingerprint density at radius 1 is 1.10 bits per heavy atom. The smallest absolute Gasteiger partial charge is 0.269 e. The maximum absolute atomic E-state index is 13.0. The second-order valence-corrected chi connectivity index (χ2v) is 8.49. The van der Waals surface area contributed by atoms with Gasteiger partial charge in [-0.25, -0.2) is 4.68 Å². The van der Waals surface area contributed by atoms with Crippen LogP contribution in [0.15, 0.2) is 47.4 Å². The molecule has 0 unspecified atom stereocenters. The van der Waals surface area contributed by atoms with Gasteiger partial charge in [0.1, 0.15) is 0 Å². The monoisotopic (exact) mass is 394 g/mol. The molecule has 3 heterocycles. The van der Waals surface area contributed by atoms with Crippen molar-refractivity contribution in [3.05, 3.63) is 58.5 Å². The zero-order valence-electron chi connectivity index (χ0n) is 17.2. The van der Waals surface area contributed by atoms with Gasteiger partial charge in [0.15, 0.2) is 0 Å². The minimum absolute atomic E-state index is 0.0175. The molecule has 2 fully saturated rings. The molecule has 6 heteroatoms. The number of likely N-dealkylation sites (tertiary alicyclic amines) is 1. The summed E-state index contributed by atoms with van der Waals surface area (Å²) in [7, 11) is 0. The van der Waals surface area contributed by atoms with Gasteiger partial charge in [-0.2, -0.15) is 5.10 Å². The summed E-state index contributed by atoms with van der Waals surface area (Å²) in [6.45, 7) is 6.03. The first-order valence-corrected chi connectivity index (χ1v) is 10.7. The second-order valence-electron chi connectivity index (χ2n) is 8.49. The number of amides is 1. The predicted octanol–water partition coefficient (Wildman–Crippen LogP) is 2.77. The predicted molar refractivity (Wildman–Crippen MR) is 114 cm³/mol. The Kier molecular flexibility index (Phi) is 5.97. The summed E-state index contributed by atoms with van der Waals surface area (Å²) in [5.74, 6) is 1.02. The quantitative estimate of drug-likeness (QED) is 0.800. The SMILES string of the molecule is CC1CCN(C(=O)[C@@H]2CCCN(c3cnn(Cc4ccccc4)c(=O)c3)C2)CC1. The molecule has 6 nitrogen and oxygen atoms in total. The zero-order valence-corrected chi connectivity index (χ0v) is 17.2. The van der Waals surface area contributed by atoms with Gasteiger partial charge in [0.25, 0.3) is 5.56 Å². The Labute approximate surface area is 172 Å². The summed E-state index contributed by atoms with van der Waals surface area (Å²) in [5, 5.41) is 4.38. The molecule has 0 saturated carbocycles. The van der Waals surface area contributed by atoms with E-state index in [9.17, 15) is 9.59 Å². The first kappa shape index (κ1) is 19.7. The van der Waals surface area contributed by atoms with E-state index < -0.39 is 0 Å². The highest BCUT2D eigenvalue weighted by Crippen LogP contribution is 2.25. The fourth-order valence-electron chi connectivity index (χ4n) is 4.37. The molecule has 0 bridgehead atoms. The van der Waals surface area contributed by atoms with Crippen LogP contribution in [0.5, 0.6) is 0 Å². The van der Waals surface area contributed by atoms with Crippen LogP contribution in [0.25, 0.3) is 0 Å². The van der Waals surface area contributed by atoms with Crippen molar-refractivity contribution >= 4 is 11.6 Å². The Morgan fingerprint density at radius 3 is 2.59 bits per heavy atom. The molecule has 0 spiro atoms. The molecule has 1 amide bonds. The van der Waals surface area contributed by atoms with E-state index in [1.165, 1.54) is 4.68 Å². The van der Waals surface area contributed by atoms with Crippen molar-refractivity contribution in [1.82, 2.24) is 14.7 Å². The van der Waals surface area contributed by atoms with Crippen LogP contribution in [0.4, 0.5) is 5.69 Å². The largest absolute Gasteiger partial charge is 0.369 e. The van der Waals surface area contributed by atoms with Gasteiger partial charge in [-0.05, 0) is 37.2 Å². The Hall–Kier alpha value is -2.63. The summed E-state index contributed by atoms with van der Waals surface area (Å²) >= 11 is 0. The number of anilines is 1. The Balaban J connectivity index is 1.42. The van der Waals surface area contributed by atoms with Crippen molar-refractivity contribution in [2.45, 2.75) is 39.2 Å². The van der Waals surface area contributed by atoms with Crippen LogP contribution in [0.1, 0.15) is 38.2 Å². The van der Waals surface area contributed by atoms with E-state index in [1.54, 1.807) is 12.3 Å². The lowest BCUT2D eigenvalue weighted by Gasteiger charge is -2.38. The van der Waals surface area contributed by atoms with Crippen LogP contribution in [0.2, 0.25) is 0 Å². The summed E-state index contributed by atoms with van der Waals surface area (Å²) in [4.78, 5) is 29.8. The number of piperidine rings is 2. The topological polar surface area (TPSA) is 58.4 Å². The van der Waals surface area contributed by atoms with Gasteiger partial charge in [0.05, 0.1) is 24.3 Å². The second kappa shape index (κ2) is 8.80. The highest BCUT2D eigenvalue weighted by Gasteiger charge is 2.31. The number of rotatable bonds is 4. The van der Waals surface area contributed by atoms with Gasteiger partial charge in [-0.3, -0.25) is 9.59 Å². The molecule has 0 aliphatic carbocycles. The molecular weight excluding hydrogens is 364 g/mol. The fourth-order valence-corrected chi connectivity index (χ4v) is 4.37. The normalized spacial score (nSPS) is 20.7. The lowest BCUT2D eigenvalue weighted by Crippen LogP contribution is -2.47. The van der Waals surface area contributed by atoms with Crippen LogP contribution >= 0.6 is 0 Å². The van der Waals surface area contributed by atoms with Crippen LogP contribution < -0.4 is 10.5 Å².